The topological polar surface area (TPSA) is 47.3 Å². The Bertz CT molecular complexity index is 622. The normalized spacial score (nSPS) is 12.1. The summed E-state index contributed by atoms with van der Waals surface area (Å²) in [5.41, 5.74) is 10.5. The van der Waals surface area contributed by atoms with Crippen molar-refractivity contribution in [2.24, 2.45) is 0 Å². The van der Waals surface area contributed by atoms with Crippen LogP contribution in [0.15, 0.2) is 42.5 Å². The van der Waals surface area contributed by atoms with Crippen molar-refractivity contribution in [1.29, 1.82) is 0 Å². The number of ether oxygens (including phenoxy) is 1. The summed E-state index contributed by atoms with van der Waals surface area (Å²) in [5, 5.41) is 3.51. The summed E-state index contributed by atoms with van der Waals surface area (Å²) in [6, 6.07) is 15.1. The van der Waals surface area contributed by atoms with Crippen LogP contribution in [0.4, 0.5) is 5.69 Å². The molecule has 2 rings (SSSR count). The van der Waals surface area contributed by atoms with Crippen LogP contribution in [0.3, 0.4) is 0 Å². The quantitative estimate of drug-likeness (QED) is 0.528. The predicted octanol–water partition coefficient (Wildman–Crippen LogP) is 4.48. The summed E-state index contributed by atoms with van der Waals surface area (Å²) >= 11 is 0. The molecular weight excluding hydrogens is 296 g/mol. The van der Waals surface area contributed by atoms with Crippen LogP contribution in [-0.2, 0) is 13.0 Å². The van der Waals surface area contributed by atoms with Crippen LogP contribution in [0.2, 0.25) is 0 Å². The number of nitrogens with two attached hydrogens (primary N) is 1. The highest BCUT2D eigenvalue weighted by molar-refractivity contribution is 5.54. The molecule has 0 spiro atoms. The highest BCUT2D eigenvalue weighted by Crippen LogP contribution is 2.24. The standard InChI is InChI=1S/C21H30N2O/c1-4-17(3)23-13-5-6-18-11-12-21(20(22)14-18)24-15-19-9-7-16(2)8-10-19/h7-12,14,17,23H,4-6,13,15,22H2,1-3H3. The highest BCUT2D eigenvalue weighted by atomic mass is 16.5. The monoisotopic (exact) mass is 326 g/mol. The van der Waals surface area contributed by atoms with Crippen LogP contribution in [0.25, 0.3) is 0 Å². The second kappa shape index (κ2) is 9.33. The van der Waals surface area contributed by atoms with Gasteiger partial charge in [-0.1, -0.05) is 42.8 Å². The van der Waals surface area contributed by atoms with Gasteiger partial charge < -0.3 is 15.8 Å². The smallest absolute Gasteiger partial charge is 0.142 e. The van der Waals surface area contributed by atoms with E-state index >= 15 is 0 Å². The first kappa shape index (κ1) is 18.3. The van der Waals surface area contributed by atoms with Crippen molar-refractivity contribution >= 4 is 5.69 Å². The van der Waals surface area contributed by atoms with Crippen LogP contribution >= 0.6 is 0 Å². The van der Waals surface area contributed by atoms with Crippen molar-refractivity contribution in [2.45, 2.75) is 52.7 Å². The molecule has 3 heteroatoms. The molecule has 0 aliphatic rings. The minimum Gasteiger partial charge on any atom is -0.487 e. The van der Waals surface area contributed by atoms with E-state index in [0.717, 1.165) is 36.4 Å². The molecular formula is C21H30N2O. The lowest BCUT2D eigenvalue weighted by atomic mass is 10.1. The molecule has 0 aliphatic heterocycles. The third kappa shape index (κ3) is 5.89. The lowest BCUT2D eigenvalue weighted by molar-refractivity contribution is 0.308. The summed E-state index contributed by atoms with van der Waals surface area (Å²) in [6.45, 7) is 8.09. The van der Waals surface area contributed by atoms with E-state index in [1.807, 2.05) is 12.1 Å². The number of nitrogens with one attached hydrogen (secondary N) is 1. The van der Waals surface area contributed by atoms with Gasteiger partial charge in [-0.3, -0.25) is 0 Å². The minimum atomic E-state index is 0.544. The Balaban J connectivity index is 1.82. The van der Waals surface area contributed by atoms with Gasteiger partial charge in [0.2, 0.25) is 0 Å². The molecule has 3 N–H and O–H groups in total. The van der Waals surface area contributed by atoms with Crippen molar-refractivity contribution in [3.8, 4) is 5.75 Å². The lowest BCUT2D eigenvalue weighted by Gasteiger charge is -2.12. The maximum Gasteiger partial charge on any atom is 0.142 e. The van der Waals surface area contributed by atoms with E-state index < -0.39 is 0 Å². The molecule has 0 saturated heterocycles. The molecule has 3 nitrogen and oxygen atoms in total. The molecule has 0 bridgehead atoms. The Morgan fingerprint density at radius 2 is 1.79 bits per heavy atom. The van der Waals surface area contributed by atoms with E-state index in [9.17, 15) is 0 Å². The average molecular weight is 326 g/mol. The van der Waals surface area contributed by atoms with Crippen LogP contribution in [-0.4, -0.2) is 12.6 Å². The fourth-order valence-electron chi connectivity index (χ4n) is 2.52. The zero-order valence-electron chi connectivity index (χ0n) is 15.1. The number of benzene rings is 2. The number of hydrogen-bond acceptors (Lipinski definition) is 3. The van der Waals surface area contributed by atoms with E-state index in [4.69, 9.17) is 10.5 Å². The second-order valence-electron chi connectivity index (χ2n) is 6.51. The summed E-state index contributed by atoms with van der Waals surface area (Å²) in [5.74, 6) is 0.761. The van der Waals surface area contributed by atoms with Crippen LogP contribution in [0.5, 0.6) is 5.75 Å². The van der Waals surface area contributed by atoms with Gasteiger partial charge in [-0.2, -0.15) is 0 Å². The van der Waals surface area contributed by atoms with Gasteiger partial charge in [-0.15, -0.1) is 0 Å². The number of rotatable bonds is 9. The molecule has 0 amide bonds. The second-order valence-corrected chi connectivity index (χ2v) is 6.51. The molecule has 0 radical (unpaired) electrons. The Labute approximate surface area is 146 Å². The van der Waals surface area contributed by atoms with Gasteiger partial charge in [-0.05, 0) is 62.9 Å². The SMILES string of the molecule is CCC(C)NCCCc1ccc(OCc2ccc(C)cc2)c(N)c1. The zero-order valence-corrected chi connectivity index (χ0v) is 15.1. The first-order valence-corrected chi connectivity index (χ1v) is 8.88. The summed E-state index contributed by atoms with van der Waals surface area (Å²) in [4.78, 5) is 0. The molecule has 130 valence electrons. The third-order valence-electron chi connectivity index (χ3n) is 4.34. The fraction of sp³-hybridized carbons (Fsp3) is 0.429. The molecule has 0 saturated carbocycles. The van der Waals surface area contributed by atoms with E-state index in [1.165, 1.54) is 17.5 Å². The number of aryl methyl sites for hydroxylation is 2. The van der Waals surface area contributed by atoms with Gasteiger partial charge in [0.25, 0.3) is 0 Å². The van der Waals surface area contributed by atoms with Gasteiger partial charge in [0.1, 0.15) is 12.4 Å². The summed E-state index contributed by atoms with van der Waals surface area (Å²) in [7, 11) is 0. The average Bonchev–Trinajstić information content (AvgIpc) is 2.59. The van der Waals surface area contributed by atoms with Crippen molar-refractivity contribution < 1.29 is 4.74 Å². The molecule has 0 fully saturated rings. The molecule has 0 heterocycles. The first-order valence-electron chi connectivity index (χ1n) is 8.88. The molecule has 1 atom stereocenters. The summed E-state index contributed by atoms with van der Waals surface area (Å²) < 4.78 is 5.85. The van der Waals surface area contributed by atoms with E-state index in [0.29, 0.717) is 12.6 Å². The predicted molar refractivity (Wildman–Crippen MR) is 102 cm³/mol. The Morgan fingerprint density at radius 1 is 1.08 bits per heavy atom. The van der Waals surface area contributed by atoms with Crippen LogP contribution < -0.4 is 15.8 Å². The summed E-state index contributed by atoms with van der Waals surface area (Å²) in [6.07, 6.45) is 3.32. The number of anilines is 1. The maximum atomic E-state index is 6.14. The molecule has 1 unspecified atom stereocenters. The molecule has 2 aromatic rings. The van der Waals surface area contributed by atoms with Crippen molar-refractivity contribution in [1.82, 2.24) is 5.32 Å². The van der Waals surface area contributed by atoms with Crippen LogP contribution in [0, 0.1) is 6.92 Å². The molecule has 2 aromatic carbocycles. The van der Waals surface area contributed by atoms with Gasteiger partial charge in [0.05, 0.1) is 5.69 Å². The third-order valence-corrected chi connectivity index (χ3v) is 4.34. The van der Waals surface area contributed by atoms with Crippen LogP contribution in [0.1, 0.15) is 43.4 Å². The van der Waals surface area contributed by atoms with Gasteiger partial charge in [0.15, 0.2) is 0 Å². The molecule has 0 aromatic heterocycles. The maximum absolute atomic E-state index is 6.14. The molecule has 24 heavy (non-hydrogen) atoms. The van der Waals surface area contributed by atoms with Gasteiger partial charge >= 0.3 is 0 Å². The van der Waals surface area contributed by atoms with E-state index in [2.05, 4.69) is 56.4 Å². The fourth-order valence-corrected chi connectivity index (χ4v) is 2.52. The number of nitrogen functional groups attached to an aromatic ring is 1. The Morgan fingerprint density at radius 3 is 2.46 bits per heavy atom. The van der Waals surface area contributed by atoms with Gasteiger partial charge in [0, 0.05) is 6.04 Å². The Kier molecular flexibility index (Phi) is 7.13. The number of hydrogen-bond donors (Lipinski definition) is 2. The zero-order chi connectivity index (χ0) is 17.4. The highest BCUT2D eigenvalue weighted by Gasteiger charge is 2.04. The van der Waals surface area contributed by atoms with E-state index in [-0.39, 0.29) is 0 Å². The van der Waals surface area contributed by atoms with Crippen molar-refractivity contribution in [2.75, 3.05) is 12.3 Å². The molecule has 0 aliphatic carbocycles. The first-order chi connectivity index (χ1) is 11.6. The largest absolute Gasteiger partial charge is 0.487 e. The van der Waals surface area contributed by atoms with Crippen molar-refractivity contribution in [3.05, 3.63) is 59.2 Å². The van der Waals surface area contributed by atoms with Crippen molar-refractivity contribution in [3.63, 3.8) is 0 Å². The van der Waals surface area contributed by atoms with E-state index in [1.54, 1.807) is 0 Å². The van der Waals surface area contributed by atoms with Gasteiger partial charge in [-0.25, -0.2) is 0 Å². The Hall–Kier alpha value is -2.00. The minimum absolute atomic E-state index is 0.544. The lowest BCUT2D eigenvalue weighted by Crippen LogP contribution is -2.26.